The van der Waals surface area contributed by atoms with Crippen molar-refractivity contribution >= 4 is 5.91 Å². The van der Waals surface area contributed by atoms with E-state index in [9.17, 15) is 4.79 Å². The van der Waals surface area contributed by atoms with Crippen LogP contribution in [0.5, 0.6) is 23.0 Å². The summed E-state index contributed by atoms with van der Waals surface area (Å²) in [5, 5.41) is 7.14. The number of ether oxygens (including phenoxy) is 4. The van der Waals surface area contributed by atoms with Crippen LogP contribution in [-0.4, -0.2) is 62.5 Å². The highest BCUT2D eigenvalue weighted by molar-refractivity contribution is 5.79. The largest absolute Gasteiger partial charge is 0.497 e. The third-order valence-electron chi connectivity index (χ3n) is 6.37. The number of methoxy groups -OCH3 is 4. The Morgan fingerprint density at radius 3 is 2.33 bits per heavy atom. The number of carbonyl (C=O) groups excluding carboxylic acids is 1. The molecule has 3 aromatic rings. The molecule has 1 aliphatic heterocycles. The van der Waals surface area contributed by atoms with Crippen LogP contribution in [0.4, 0.5) is 0 Å². The molecule has 4 rings (SSSR count). The van der Waals surface area contributed by atoms with E-state index in [0.717, 1.165) is 42.8 Å². The Morgan fingerprint density at radius 1 is 0.972 bits per heavy atom. The van der Waals surface area contributed by atoms with Crippen molar-refractivity contribution in [2.75, 3.05) is 41.5 Å². The van der Waals surface area contributed by atoms with Crippen LogP contribution in [0.2, 0.25) is 0 Å². The number of hydrogen-bond donors (Lipinski definition) is 1. The predicted molar refractivity (Wildman–Crippen MR) is 132 cm³/mol. The molecule has 2 aromatic carbocycles. The zero-order chi connectivity index (χ0) is 25.5. The van der Waals surface area contributed by atoms with E-state index >= 15 is 0 Å². The normalized spacial score (nSPS) is 14.3. The molecule has 0 spiro atoms. The highest BCUT2D eigenvalue weighted by Gasteiger charge is 2.26. The maximum Gasteiger partial charge on any atom is 0.241 e. The second-order valence-corrected chi connectivity index (χ2v) is 8.50. The molecule has 0 radical (unpaired) electrons. The van der Waals surface area contributed by atoms with Gasteiger partial charge < -0.3 is 28.8 Å². The fourth-order valence-electron chi connectivity index (χ4n) is 4.35. The Labute approximate surface area is 210 Å². The molecule has 36 heavy (non-hydrogen) atoms. The Bertz CT molecular complexity index is 1160. The SMILES string of the molecule is COc1ccc(-c2noc(CN3CCC(C(=O)NCc4ccc(OC)c(OC)c4OC)CC3)n2)cc1. The zero-order valence-electron chi connectivity index (χ0n) is 21.1. The van der Waals surface area contributed by atoms with Crippen LogP contribution in [0, 0.1) is 5.92 Å². The summed E-state index contributed by atoms with van der Waals surface area (Å²) >= 11 is 0. The molecule has 1 amide bonds. The molecule has 2 heterocycles. The fourth-order valence-corrected chi connectivity index (χ4v) is 4.35. The Hall–Kier alpha value is -3.79. The average Bonchev–Trinajstić information content (AvgIpc) is 3.39. The number of rotatable bonds is 10. The first kappa shape index (κ1) is 25.3. The number of amides is 1. The number of aromatic nitrogens is 2. The van der Waals surface area contributed by atoms with Gasteiger partial charge in [-0.15, -0.1) is 0 Å². The average molecular weight is 497 g/mol. The lowest BCUT2D eigenvalue weighted by Crippen LogP contribution is -2.40. The topological polar surface area (TPSA) is 108 Å². The van der Waals surface area contributed by atoms with Crippen molar-refractivity contribution in [1.29, 1.82) is 0 Å². The van der Waals surface area contributed by atoms with Crippen molar-refractivity contribution in [3.63, 3.8) is 0 Å². The molecular weight excluding hydrogens is 464 g/mol. The van der Waals surface area contributed by atoms with Crippen molar-refractivity contribution in [2.45, 2.75) is 25.9 Å². The zero-order valence-corrected chi connectivity index (χ0v) is 21.1. The van der Waals surface area contributed by atoms with Gasteiger partial charge in [0.15, 0.2) is 11.5 Å². The molecule has 0 unspecified atom stereocenters. The molecule has 1 aliphatic rings. The van der Waals surface area contributed by atoms with E-state index in [2.05, 4.69) is 20.4 Å². The second kappa shape index (κ2) is 11.8. The summed E-state index contributed by atoms with van der Waals surface area (Å²) < 4.78 is 26.9. The smallest absolute Gasteiger partial charge is 0.241 e. The first-order valence-electron chi connectivity index (χ1n) is 11.8. The van der Waals surface area contributed by atoms with Crippen LogP contribution >= 0.6 is 0 Å². The molecule has 0 bridgehead atoms. The van der Waals surface area contributed by atoms with Crippen molar-refractivity contribution in [1.82, 2.24) is 20.4 Å². The molecular formula is C26H32N4O6. The quantitative estimate of drug-likeness (QED) is 0.452. The van der Waals surface area contributed by atoms with Crippen LogP contribution < -0.4 is 24.3 Å². The highest BCUT2D eigenvalue weighted by Crippen LogP contribution is 2.39. The number of hydrogen-bond acceptors (Lipinski definition) is 9. The van der Waals surface area contributed by atoms with E-state index in [1.54, 1.807) is 34.5 Å². The van der Waals surface area contributed by atoms with Crippen molar-refractivity contribution < 1.29 is 28.3 Å². The predicted octanol–water partition coefficient (Wildman–Crippen LogP) is 3.30. The molecule has 0 atom stereocenters. The van der Waals surface area contributed by atoms with Crippen molar-refractivity contribution in [3.8, 4) is 34.4 Å². The van der Waals surface area contributed by atoms with Gasteiger partial charge in [-0.3, -0.25) is 9.69 Å². The van der Waals surface area contributed by atoms with Gasteiger partial charge >= 0.3 is 0 Å². The van der Waals surface area contributed by atoms with Crippen LogP contribution in [0.1, 0.15) is 24.3 Å². The van der Waals surface area contributed by atoms with Crippen LogP contribution in [0.15, 0.2) is 40.9 Å². The van der Waals surface area contributed by atoms with Gasteiger partial charge in [0, 0.05) is 23.6 Å². The molecule has 1 saturated heterocycles. The fraction of sp³-hybridized carbons (Fsp3) is 0.423. The van der Waals surface area contributed by atoms with E-state index in [1.165, 1.54) is 0 Å². The third kappa shape index (κ3) is 5.71. The molecule has 10 nitrogen and oxygen atoms in total. The van der Waals surface area contributed by atoms with Gasteiger partial charge in [0.25, 0.3) is 0 Å². The minimum atomic E-state index is -0.0510. The van der Waals surface area contributed by atoms with E-state index in [-0.39, 0.29) is 11.8 Å². The summed E-state index contributed by atoms with van der Waals surface area (Å²) in [6, 6.07) is 11.2. The molecule has 1 aromatic heterocycles. The summed E-state index contributed by atoms with van der Waals surface area (Å²) in [5.74, 6) is 3.51. The Balaban J connectivity index is 1.27. The molecule has 1 fully saturated rings. The lowest BCUT2D eigenvalue weighted by molar-refractivity contribution is -0.126. The standard InChI is InChI=1S/C26H32N4O6/c1-32-20-8-5-17(6-9-20)25-28-22(36-29-25)16-30-13-11-18(12-14-30)26(31)27-15-19-7-10-21(33-2)24(35-4)23(19)34-3/h5-10,18H,11-16H2,1-4H3,(H,27,31). The van der Waals surface area contributed by atoms with Gasteiger partial charge in [0.2, 0.25) is 23.4 Å². The minimum Gasteiger partial charge on any atom is -0.497 e. The minimum absolute atomic E-state index is 0.0334. The van der Waals surface area contributed by atoms with Crippen LogP contribution in [0.3, 0.4) is 0 Å². The Kier molecular flexibility index (Phi) is 8.27. The van der Waals surface area contributed by atoms with E-state index < -0.39 is 0 Å². The number of benzene rings is 2. The number of nitrogens with zero attached hydrogens (tertiary/aromatic N) is 3. The summed E-state index contributed by atoms with van der Waals surface area (Å²) in [4.78, 5) is 19.6. The van der Waals surface area contributed by atoms with Gasteiger partial charge in [0.05, 0.1) is 35.0 Å². The molecule has 0 aliphatic carbocycles. The maximum absolute atomic E-state index is 12.8. The van der Waals surface area contributed by atoms with E-state index in [1.807, 2.05) is 30.3 Å². The highest BCUT2D eigenvalue weighted by atomic mass is 16.5. The monoisotopic (exact) mass is 496 g/mol. The van der Waals surface area contributed by atoms with Gasteiger partial charge in [-0.1, -0.05) is 5.16 Å². The van der Waals surface area contributed by atoms with Crippen LogP contribution in [-0.2, 0) is 17.9 Å². The molecule has 1 N–H and O–H groups in total. The molecule has 10 heteroatoms. The second-order valence-electron chi connectivity index (χ2n) is 8.50. The number of likely N-dealkylation sites (tertiary alicyclic amines) is 1. The Morgan fingerprint density at radius 2 is 1.69 bits per heavy atom. The van der Waals surface area contributed by atoms with Crippen LogP contribution in [0.25, 0.3) is 11.4 Å². The lowest BCUT2D eigenvalue weighted by Gasteiger charge is -2.30. The number of piperidine rings is 1. The van der Waals surface area contributed by atoms with E-state index in [0.29, 0.717) is 42.1 Å². The summed E-state index contributed by atoms with van der Waals surface area (Å²) in [6.07, 6.45) is 1.52. The summed E-state index contributed by atoms with van der Waals surface area (Å²) in [7, 11) is 6.33. The van der Waals surface area contributed by atoms with Crippen molar-refractivity contribution in [2.24, 2.45) is 5.92 Å². The third-order valence-corrected chi connectivity index (χ3v) is 6.37. The first-order valence-corrected chi connectivity index (χ1v) is 11.8. The van der Waals surface area contributed by atoms with Gasteiger partial charge in [-0.25, -0.2) is 0 Å². The van der Waals surface area contributed by atoms with Crippen molar-refractivity contribution in [3.05, 3.63) is 47.9 Å². The van der Waals surface area contributed by atoms with Gasteiger partial charge in [0.1, 0.15) is 5.75 Å². The van der Waals surface area contributed by atoms with Gasteiger partial charge in [-0.05, 0) is 62.3 Å². The molecule has 0 saturated carbocycles. The molecule has 192 valence electrons. The summed E-state index contributed by atoms with van der Waals surface area (Å²) in [5.41, 5.74) is 1.69. The number of nitrogens with one attached hydrogen (secondary N) is 1. The maximum atomic E-state index is 12.8. The van der Waals surface area contributed by atoms with E-state index in [4.69, 9.17) is 23.5 Å². The number of carbonyl (C=O) groups is 1. The first-order chi connectivity index (χ1) is 17.6. The lowest BCUT2D eigenvalue weighted by atomic mass is 9.96. The summed E-state index contributed by atoms with van der Waals surface area (Å²) in [6.45, 7) is 2.45. The van der Waals surface area contributed by atoms with Gasteiger partial charge in [-0.2, -0.15) is 4.98 Å².